The van der Waals surface area contributed by atoms with Gasteiger partial charge in [0.25, 0.3) is 0 Å². The van der Waals surface area contributed by atoms with E-state index in [9.17, 15) is 4.79 Å². The fourth-order valence-corrected chi connectivity index (χ4v) is 4.17. The van der Waals surface area contributed by atoms with Gasteiger partial charge in [-0.2, -0.15) is 0 Å². The maximum Gasteiger partial charge on any atom is 0.317 e. The van der Waals surface area contributed by atoms with E-state index in [-0.39, 0.29) is 16.9 Å². The summed E-state index contributed by atoms with van der Waals surface area (Å²) in [5.41, 5.74) is 1.48. The van der Waals surface area contributed by atoms with Crippen LogP contribution in [0.3, 0.4) is 0 Å². The third kappa shape index (κ3) is 2.80. The van der Waals surface area contributed by atoms with E-state index in [1.54, 1.807) is 0 Å². The van der Waals surface area contributed by atoms with Crippen molar-refractivity contribution in [3.05, 3.63) is 24.3 Å². The van der Waals surface area contributed by atoms with Gasteiger partial charge in [-0.05, 0) is 38.1 Å². The Morgan fingerprint density at radius 2 is 1.67 bits per heavy atom. The molecule has 24 heavy (non-hydrogen) atoms. The molecule has 2 heterocycles. The molecule has 0 bridgehead atoms. The predicted molar refractivity (Wildman–Crippen MR) is 96.7 cm³/mol. The van der Waals surface area contributed by atoms with Gasteiger partial charge < -0.3 is 19.9 Å². The molecule has 3 rings (SSSR count). The van der Waals surface area contributed by atoms with E-state index in [2.05, 4.69) is 36.2 Å². The maximum atomic E-state index is 12.2. The number of benzene rings is 1. The molecule has 2 amide bonds. The fraction of sp³-hybridized carbons (Fsp3) is 0.632. The summed E-state index contributed by atoms with van der Waals surface area (Å²) in [7, 11) is 0. The van der Waals surface area contributed by atoms with Crippen LogP contribution in [0.1, 0.15) is 27.7 Å². The van der Waals surface area contributed by atoms with Crippen molar-refractivity contribution in [3.63, 3.8) is 0 Å². The second-order valence-corrected chi connectivity index (χ2v) is 7.60. The number of ether oxygens (including phenoxy) is 1. The molecule has 132 valence electrons. The van der Waals surface area contributed by atoms with Gasteiger partial charge in [-0.25, -0.2) is 4.79 Å². The van der Waals surface area contributed by atoms with Gasteiger partial charge in [-0.3, -0.25) is 0 Å². The second kappa shape index (κ2) is 6.19. The van der Waals surface area contributed by atoms with Crippen LogP contribution < -0.4 is 15.0 Å². The third-order valence-electron chi connectivity index (χ3n) is 5.74. The van der Waals surface area contributed by atoms with Crippen molar-refractivity contribution >= 4 is 11.7 Å². The Morgan fingerprint density at radius 1 is 1.08 bits per heavy atom. The van der Waals surface area contributed by atoms with Gasteiger partial charge in [-0.1, -0.05) is 13.8 Å². The number of rotatable bonds is 4. The first-order chi connectivity index (χ1) is 11.4. The van der Waals surface area contributed by atoms with Gasteiger partial charge in [0.05, 0.1) is 6.61 Å². The van der Waals surface area contributed by atoms with E-state index in [0.717, 1.165) is 31.9 Å². The van der Waals surface area contributed by atoms with Crippen molar-refractivity contribution in [2.45, 2.75) is 27.7 Å². The summed E-state index contributed by atoms with van der Waals surface area (Å²) < 4.78 is 5.53. The Kier molecular flexibility index (Phi) is 4.37. The standard InChI is InChI=1S/C19H29N3O2/c1-5-20-17(23)22-13-18(3)11-21(12-19(18,4)14-22)15-7-9-16(10-8-15)24-6-2/h7-10H,5-6,11-14H2,1-4H3,(H,20,23)/t18-,19+. The van der Waals surface area contributed by atoms with Gasteiger partial charge >= 0.3 is 6.03 Å². The monoisotopic (exact) mass is 331 g/mol. The summed E-state index contributed by atoms with van der Waals surface area (Å²) in [6.45, 7) is 13.6. The van der Waals surface area contributed by atoms with Crippen molar-refractivity contribution < 1.29 is 9.53 Å². The minimum absolute atomic E-state index is 0.0713. The highest BCUT2D eigenvalue weighted by Crippen LogP contribution is 2.52. The van der Waals surface area contributed by atoms with Crippen LogP contribution in [0.5, 0.6) is 5.75 Å². The SMILES string of the molecule is CCNC(=O)N1C[C@@]2(C)CN(c3ccc(OCC)cc3)C[C@@]2(C)C1. The van der Waals surface area contributed by atoms with E-state index in [1.165, 1.54) is 5.69 Å². The molecule has 5 nitrogen and oxygen atoms in total. The van der Waals surface area contributed by atoms with Crippen LogP contribution in [-0.2, 0) is 0 Å². The van der Waals surface area contributed by atoms with Crippen LogP contribution in [0.4, 0.5) is 10.5 Å². The van der Waals surface area contributed by atoms with Crippen molar-refractivity contribution in [3.8, 4) is 5.75 Å². The van der Waals surface area contributed by atoms with Crippen molar-refractivity contribution in [2.24, 2.45) is 10.8 Å². The summed E-state index contributed by atoms with van der Waals surface area (Å²) in [5.74, 6) is 0.917. The molecule has 0 saturated carbocycles. The normalized spacial score (nSPS) is 28.8. The number of fused-ring (bicyclic) bond motifs is 1. The lowest BCUT2D eigenvalue weighted by Gasteiger charge is -2.29. The van der Waals surface area contributed by atoms with Crippen molar-refractivity contribution in [1.29, 1.82) is 0 Å². The number of likely N-dealkylation sites (tertiary alicyclic amines) is 1. The minimum Gasteiger partial charge on any atom is -0.494 e. The Balaban J connectivity index is 1.72. The highest BCUT2D eigenvalue weighted by atomic mass is 16.5. The third-order valence-corrected chi connectivity index (χ3v) is 5.74. The molecule has 2 aliphatic heterocycles. The van der Waals surface area contributed by atoms with Gasteiger partial charge in [0, 0.05) is 49.2 Å². The fourth-order valence-electron chi connectivity index (χ4n) is 4.17. The molecule has 2 saturated heterocycles. The average molecular weight is 331 g/mol. The molecule has 1 aromatic carbocycles. The number of anilines is 1. The zero-order valence-electron chi connectivity index (χ0n) is 15.3. The average Bonchev–Trinajstić information content (AvgIpc) is 2.93. The van der Waals surface area contributed by atoms with Gasteiger partial charge in [0.15, 0.2) is 0 Å². The Hall–Kier alpha value is -1.91. The van der Waals surface area contributed by atoms with E-state index >= 15 is 0 Å². The lowest BCUT2D eigenvalue weighted by Crippen LogP contribution is -2.41. The number of amides is 2. The van der Waals surface area contributed by atoms with Gasteiger partial charge in [-0.15, -0.1) is 0 Å². The first kappa shape index (κ1) is 16.9. The van der Waals surface area contributed by atoms with Crippen LogP contribution in [0.2, 0.25) is 0 Å². The summed E-state index contributed by atoms with van der Waals surface area (Å²) in [4.78, 5) is 16.6. The molecule has 0 aliphatic carbocycles. The van der Waals surface area contributed by atoms with Gasteiger partial charge in [0.1, 0.15) is 5.75 Å². The number of carbonyl (C=O) groups excluding carboxylic acids is 1. The number of hydrogen-bond acceptors (Lipinski definition) is 3. The number of nitrogens with zero attached hydrogens (tertiary/aromatic N) is 2. The predicted octanol–water partition coefficient (Wildman–Crippen LogP) is 2.96. The lowest BCUT2D eigenvalue weighted by atomic mass is 9.71. The number of urea groups is 1. The summed E-state index contributed by atoms with van der Waals surface area (Å²) in [6.07, 6.45) is 0. The number of carbonyl (C=O) groups is 1. The van der Waals surface area contributed by atoms with Gasteiger partial charge in [0.2, 0.25) is 0 Å². The smallest absolute Gasteiger partial charge is 0.317 e. The number of nitrogens with one attached hydrogen (secondary N) is 1. The molecule has 2 aliphatic rings. The molecule has 0 aromatic heterocycles. The van der Waals surface area contributed by atoms with Crippen LogP contribution >= 0.6 is 0 Å². The highest BCUT2D eigenvalue weighted by Gasteiger charge is 2.58. The first-order valence-corrected chi connectivity index (χ1v) is 8.91. The maximum absolute atomic E-state index is 12.2. The summed E-state index contributed by atoms with van der Waals surface area (Å²) in [5, 5.41) is 2.93. The van der Waals surface area contributed by atoms with Crippen LogP contribution in [0.25, 0.3) is 0 Å². The quantitative estimate of drug-likeness (QED) is 0.922. The molecule has 0 spiro atoms. The van der Waals surface area contributed by atoms with E-state index in [4.69, 9.17) is 4.74 Å². The Morgan fingerprint density at radius 3 is 2.17 bits per heavy atom. The molecule has 2 atom stereocenters. The molecule has 1 N–H and O–H groups in total. The molecule has 0 unspecified atom stereocenters. The van der Waals surface area contributed by atoms with E-state index in [1.807, 2.05) is 30.9 Å². The summed E-state index contributed by atoms with van der Waals surface area (Å²) >= 11 is 0. The Labute approximate surface area is 145 Å². The first-order valence-electron chi connectivity index (χ1n) is 8.91. The molecule has 5 heteroatoms. The van der Waals surface area contributed by atoms with Crippen LogP contribution in [-0.4, -0.2) is 50.3 Å². The molecular formula is C19H29N3O2. The molecule has 1 aromatic rings. The van der Waals surface area contributed by atoms with E-state index in [0.29, 0.717) is 13.2 Å². The van der Waals surface area contributed by atoms with E-state index < -0.39 is 0 Å². The zero-order chi connectivity index (χ0) is 17.4. The van der Waals surface area contributed by atoms with Crippen LogP contribution in [0, 0.1) is 10.8 Å². The molecular weight excluding hydrogens is 302 g/mol. The second-order valence-electron chi connectivity index (χ2n) is 7.60. The Bertz CT molecular complexity index is 583. The highest BCUT2D eigenvalue weighted by molar-refractivity contribution is 5.75. The lowest BCUT2D eigenvalue weighted by molar-refractivity contribution is 0.203. The zero-order valence-corrected chi connectivity index (χ0v) is 15.3. The number of hydrogen-bond donors (Lipinski definition) is 1. The molecule has 2 fully saturated rings. The molecule has 0 radical (unpaired) electrons. The van der Waals surface area contributed by atoms with Crippen molar-refractivity contribution in [2.75, 3.05) is 44.2 Å². The van der Waals surface area contributed by atoms with Crippen molar-refractivity contribution in [1.82, 2.24) is 10.2 Å². The summed E-state index contributed by atoms with van der Waals surface area (Å²) in [6, 6.07) is 8.43. The topological polar surface area (TPSA) is 44.8 Å². The van der Waals surface area contributed by atoms with Crippen LogP contribution in [0.15, 0.2) is 24.3 Å². The largest absolute Gasteiger partial charge is 0.494 e. The minimum atomic E-state index is 0.0713.